The van der Waals surface area contributed by atoms with Gasteiger partial charge in [-0.05, 0) is 59.9 Å². The minimum Gasteiger partial charge on any atom is -0.497 e. The molecule has 1 N–H and O–H groups in total. The lowest BCUT2D eigenvalue weighted by Crippen LogP contribution is -2.29. The summed E-state index contributed by atoms with van der Waals surface area (Å²) in [4.78, 5) is 27.3. The fourth-order valence-electron chi connectivity index (χ4n) is 4.10. The van der Waals surface area contributed by atoms with E-state index in [1.165, 1.54) is 0 Å². The van der Waals surface area contributed by atoms with E-state index in [1.807, 2.05) is 65.6 Å². The number of ether oxygens (including phenoxy) is 1. The van der Waals surface area contributed by atoms with Gasteiger partial charge in [0.15, 0.2) is 0 Å². The van der Waals surface area contributed by atoms with E-state index in [0.717, 1.165) is 29.1 Å². The Morgan fingerprint density at radius 3 is 2.50 bits per heavy atom. The van der Waals surface area contributed by atoms with Gasteiger partial charge >= 0.3 is 0 Å². The SMILES string of the molecule is COc1ccc([C@@H](CC(C)C)NC(=O)c2ccc([C@H]3SCC(=O)N3Cc3ccco3)cc2)cc1. The highest BCUT2D eigenvalue weighted by Crippen LogP contribution is 2.39. The second-order valence-electron chi connectivity index (χ2n) is 8.82. The molecule has 0 bridgehead atoms. The molecule has 0 saturated carbocycles. The first kappa shape index (κ1) is 24.0. The van der Waals surface area contributed by atoms with Crippen LogP contribution in [0, 0.1) is 5.92 Å². The average Bonchev–Trinajstić information content (AvgIpc) is 3.49. The van der Waals surface area contributed by atoms with Crippen LogP contribution in [0.25, 0.3) is 0 Å². The van der Waals surface area contributed by atoms with Gasteiger partial charge in [-0.15, -0.1) is 11.8 Å². The first-order valence-corrected chi connectivity index (χ1v) is 12.5. The first-order valence-electron chi connectivity index (χ1n) is 11.4. The molecule has 1 fully saturated rings. The number of benzene rings is 2. The van der Waals surface area contributed by atoms with E-state index < -0.39 is 0 Å². The van der Waals surface area contributed by atoms with Gasteiger partial charge in [0.2, 0.25) is 5.91 Å². The van der Waals surface area contributed by atoms with E-state index in [9.17, 15) is 9.59 Å². The van der Waals surface area contributed by atoms with Crippen LogP contribution in [-0.4, -0.2) is 29.6 Å². The van der Waals surface area contributed by atoms with E-state index in [-0.39, 0.29) is 23.2 Å². The molecular weight excluding hydrogens is 448 g/mol. The number of amides is 2. The van der Waals surface area contributed by atoms with Gasteiger partial charge in [0, 0.05) is 5.56 Å². The molecule has 1 aliphatic heterocycles. The fraction of sp³-hybridized carbons (Fsp3) is 0.333. The van der Waals surface area contributed by atoms with Crippen molar-refractivity contribution in [3.8, 4) is 5.75 Å². The Hall–Kier alpha value is -3.19. The molecule has 1 saturated heterocycles. The van der Waals surface area contributed by atoms with Crippen molar-refractivity contribution in [3.05, 3.63) is 89.4 Å². The van der Waals surface area contributed by atoms with Crippen molar-refractivity contribution in [1.82, 2.24) is 10.2 Å². The van der Waals surface area contributed by atoms with Crippen molar-refractivity contribution in [2.45, 2.75) is 38.2 Å². The molecule has 0 radical (unpaired) electrons. The second-order valence-corrected chi connectivity index (χ2v) is 9.88. The topological polar surface area (TPSA) is 71.8 Å². The van der Waals surface area contributed by atoms with Crippen molar-refractivity contribution in [1.29, 1.82) is 0 Å². The van der Waals surface area contributed by atoms with Gasteiger partial charge < -0.3 is 19.4 Å². The molecule has 6 nitrogen and oxygen atoms in total. The Labute approximate surface area is 204 Å². The zero-order valence-electron chi connectivity index (χ0n) is 19.7. The number of furan rings is 1. The van der Waals surface area contributed by atoms with E-state index in [4.69, 9.17) is 9.15 Å². The molecule has 2 heterocycles. The van der Waals surface area contributed by atoms with E-state index in [0.29, 0.717) is 23.8 Å². The first-order chi connectivity index (χ1) is 16.4. The number of carbonyl (C=O) groups is 2. The van der Waals surface area contributed by atoms with Gasteiger partial charge in [-0.25, -0.2) is 0 Å². The largest absolute Gasteiger partial charge is 0.497 e. The molecule has 4 rings (SSSR count). The average molecular weight is 479 g/mol. The van der Waals surface area contributed by atoms with Crippen molar-refractivity contribution in [2.75, 3.05) is 12.9 Å². The van der Waals surface area contributed by atoms with Crippen LogP contribution in [0.15, 0.2) is 71.3 Å². The van der Waals surface area contributed by atoms with E-state index >= 15 is 0 Å². The van der Waals surface area contributed by atoms with Crippen LogP contribution in [0.1, 0.15) is 58.9 Å². The van der Waals surface area contributed by atoms with E-state index in [1.54, 1.807) is 25.1 Å². The summed E-state index contributed by atoms with van der Waals surface area (Å²) in [5.74, 6) is 2.38. The molecule has 34 heavy (non-hydrogen) atoms. The van der Waals surface area contributed by atoms with Crippen LogP contribution in [0.5, 0.6) is 5.75 Å². The van der Waals surface area contributed by atoms with Crippen molar-refractivity contribution in [2.24, 2.45) is 5.92 Å². The molecular formula is C27H30N2O4S. The van der Waals surface area contributed by atoms with Crippen LogP contribution in [0.2, 0.25) is 0 Å². The van der Waals surface area contributed by atoms with Gasteiger partial charge in [0.25, 0.3) is 5.91 Å². The highest BCUT2D eigenvalue weighted by molar-refractivity contribution is 8.00. The third-order valence-electron chi connectivity index (χ3n) is 5.86. The number of rotatable bonds is 9. The Balaban J connectivity index is 1.46. The highest BCUT2D eigenvalue weighted by Gasteiger charge is 2.33. The molecule has 7 heteroatoms. The van der Waals surface area contributed by atoms with Gasteiger partial charge in [-0.2, -0.15) is 0 Å². The molecule has 3 aromatic rings. The van der Waals surface area contributed by atoms with Crippen LogP contribution < -0.4 is 10.1 Å². The maximum atomic E-state index is 13.1. The number of thioether (sulfide) groups is 1. The predicted octanol–water partition coefficient (Wildman–Crippen LogP) is 5.58. The maximum absolute atomic E-state index is 13.1. The van der Waals surface area contributed by atoms with Gasteiger partial charge in [-0.1, -0.05) is 38.1 Å². The van der Waals surface area contributed by atoms with Gasteiger partial charge in [0.1, 0.15) is 16.9 Å². The lowest BCUT2D eigenvalue weighted by Gasteiger charge is -2.24. The summed E-state index contributed by atoms with van der Waals surface area (Å²) >= 11 is 1.59. The fourth-order valence-corrected chi connectivity index (χ4v) is 5.29. The minimum absolute atomic E-state index is 0.0873. The normalized spacial score (nSPS) is 16.6. The molecule has 0 aliphatic carbocycles. The van der Waals surface area contributed by atoms with Crippen molar-refractivity contribution >= 4 is 23.6 Å². The molecule has 178 valence electrons. The number of nitrogens with one attached hydrogen (secondary N) is 1. The molecule has 1 aliphatic rings. The third kappa shape index (κ3) is 5.65. The Kier molecular flexibility index (Phi) is 7.63. The Morgan fingerprint density at radius 1 is 1.15 bits per heavy atom. The summed E-state index contributed by atoms with van der Waals surface area (Å²) in [6.07, 6.45) is 2.45. The smallest absolute Gasteiger partial charge is 0.251 e. The Morgan fingerprint density at radius 2 is 1.88 bits per heavy atom. The summed E-state index contributed by atoms with van der Waals surface area (Å²) in [5, 5.41) is 3.10. The van der Waals surface area contributed by atoms with E-state index in [2.05, 4.69) is 19.2 Å². The molecule has 0 unspecified atom stereocenters. The standard InChI is InChI=1S/C27H30N2O4S/c1-18(2)15-24(19-10-12-22(32-3)13-11-19)28-26(31)20-6-8-21(9-7-20)27-29(25(30)17-34-27)16-23-5-4-14-33-23/h4-14,18,24,27H,15-17H2,1-3H3,(H,28,31)/t24-,27-/m1/s1. The zero-order valence-corrected chi connectivity index (χ0v) is 20.5. The van der Waals surface area contributed by atoms with Crippen LogP contribution in [0.4, 0.5) is 0 Å². The van der Waals surface area contributed by atoms with Crippen LogP contribution in [0.3, 0.4) is 0 Å². The van der Waals surface area contributed by atoms with Gasteiger partial charge in [0.05, 0.1) is 31.7 Å². The number of hydrogen-bond acceptors (Lipinski definition) is 5. The summed E-state index contributed by atoms with van der Waals surface area (Å²) in [6, 6.07) is 19.0. The van der Waals surface area contributed by atoms with Crippen LogP contribution >= 0.6 is 11.8 Å². The molecule has 0 spiro atoms. The summed E-state index contributed by atoms with van der Waals surface area (Å²) in [5.41, 5.74) is 2.64. The summed E-state index contributed by atoms with van der Waals surface area (Å²) < 4.78 is 10.7. The third-order valence-corrected chi connectivity index (χ3v) is 7.12. The summed E-state index contributed by atoms with van der Waals surface area (Å²) in [6.45, 7) is 4.73. The van der Waals surface area contributed by atoms with Gasteiger partial charge in [-0.3, -0.25) is 9.59 Å². The van der Waals surface area contributed by atoms with Crippen molar-refractivity contribution < 1.29 is 18.7 Å². The molecule has 2 aromatic carbocycles. The maximum Gasteiger partial charge on any atom is 0.251 e. The number of hydrogen-bond donors (Lipinski definition) is 1. The molecule has 1 aromatic heterocycles. The monoisotopic (exact) mass is 478 g/mol. The Bertz CT molecular complexity index is 1090. The molecule has 2 atom stereocenters. The lowest BCUT2D eigenvalue weighted by molar-refractivity contribution is -0.128. The number of methoxy groups -OCH3 is 1. The summed E-state index contributed by atoms with van der Waals surface area (Å²) in [7, 11) is 1.64. The number of carbonyl (C=O) groups excluding carboxylic acids is 2. The van der Waals surface area contributed by atoms with Crippen LogP contribution in [-0.2, 0) is 11.3 Å². The zero-order chi connectivity index (χ0) is 24.1. The highest BCUT2D eigenvalue weighted by atomic mass is 32.2. The minimum atomic E-state index is -0.115. The predicted molar refractivity (Wildman–Crippen MR) is 134 cm³/mol. The lowest BCUT2D eigenvalue weighted by atomic mass is 9.96. The molecule has 2 amide bonds. The quantitative estimate of drug-likeness (QED) is 0.435. The second kappa shape index (κ2) is 10.8. The number of nitrogens with zero attached hydrogens (tertiary/aromatic N) is 1. The van der Waals surface area contributed by atoms with Crippen molar-refractivity contribution in [3.63, 3.8) is 0 Å².